The molecule has 0 unspecified atom stereocenters. The van der Waals surface area contributed by atoms with Gasteiger partial charge in [0.05, 0.1) is 11.8 Å². The number of rotatable bonds is 7. The Hall–Kier alpha value is -0.480. The summed E-state index contributed by atoms with van der Waals surface area (Å²) < 4.78 is 0. The maximum atomic E-state index is 5.40. The molecule has 0 aromatic rings. The zero-order valence-corrected chi connectivity index (χ0v) is 9.81. The fourth-order valence-corrected chi connectivity index (χ4v) is 0.624. The Balaban J connectivity index is 3.89. The van der Waals surface area contributed by atoms with Crippen molar-refractivity contribution in [3.05, 3.63) is 0 Å². The lowest BCUT2D eigenvalue weighted by Gasteiger charge is -2.00. The van der Waals surface area contributed by atoms with Gasteiger partial charge in [-0.1, -0.05) is 10.3 Å². The quantitative estimate of drug-likeness (QED) is 0.297. The molecule has 0 rings (SSSR count). The van der Waals surface area contributed by atoms with E-state index >= 15 is 0 Å². The van der Waals surface area contributed by atoms with Crippen LogP contribution in [0.4, 0.5) is 0 Å². The molecule has 0 atom stereocenters. The van der Waals surface area contributed by atoms with Crippen molar-refractivity contribution in [1.29, 1.82) is 0 Å². The van der Waals surface area contributed by atoms with Crippen molar-refractivity contribution < 1.29 is 9.68 Å². The van der Waals surface area contributed by atoms with Gasteiger partial charge in [0.1, 0.15) is 24.6 Å². The van der Waals surface area contributed by atoms with Crippen LogP contribution in [0.1, 0.15) is 13.8 Å². The molecule has 0 heterocycles. The van der Waals surface area contributed by atoms with Crippen LogP contribution in [0.3, 0.4) is 0 Å². The van der Waals surface area contributed by atoms with Crippen LogP contribution in [0.15, 0.2) is 10.3 Å². The van der Waals surface area contributed by atoms with E-state index in [1.165, 1.54) is 0 Å². The molecule has 0 N–H and O–H groups in total. The highest BCUT2D eigenvalue weighted by atomic mass is 35.5. The molecule has 14 heavy (non-hydrogen) atoms. The van der Waals surface area contributed by atoms with Crippen molar-refractivity contribution in [3.63, 3.8) is 0 Å². The third-order valence-corrected chi connectivity index (χ3v) is 1.57. The Kier molecular flexibility index (Phi) is 8.78. The zero-order valence-electron chi connectivity index (χ0n) is 8.30. The minimum absolute atomic E-state index is 0.384. The molecule has 82 valence electrons. The van der Waals surface area contributed by atoms with Gasteiger partial charge < -0.3 is 9.68 Å². The van der Waals surface area contributed by atoms with E-state index in [9.17, 15) is 0 Å². The SMILES string of the molecule is CC(=NOCCCl)C(C)=NOCCCl. The van der Waals surface area contributed by atoms with Crippen molar-refractivity contribution in [2.75, 3.05) is 25.0 Å². The van der Waals surface area contributed by atoms with Crippen LogP contribution in [-0.4, -0.2) is 36.4 Å². The molecule has 6 heteroatoms. The van der Waals surface area contributed by atoms with E-state index in [1.54, 1.807) is 13.8 Å². The fourth-order valence-electron chi connectivity index (χ4n) is 0.486. The molecule has 0 radical (unpaired) electrons. The summed E-state index contributed by atoms with van der Waals surface area (Å²) in [6.07, 6.45) is 0. The minimum atomic E-state index is 0.384. The fraction of sp³-hybridized carbons (Fsp3) is 0.750. The Morgan fingerprint density at radius 3 is 1.57 bits per heavy atom. The molecule has 0 aliphatic rings. The molecular formula is C8H14Cl2N2O2. The summed E-state index contributed by atoms with van der Waals surface area (Å²) in [5, 5.41) is 7.56. The molecule has 0 aliphatic heterocycles. The summed E-state index contributed by atoms with van der Waals surface area (Å²) in [7, 11) is 0. The van der Waals surface area contributed by atoms with Crippen LogP contribution in [0, 0.1) is 0 Å². The van der Waals surface area contributed by atoms with Crippen molar-refractivity contribution in [2.45, 2.75) is 13.8 Å². The van der Waals surface area contributed by atoms with Crippen LogP contribution in [-0.2, 0) is 9.68 Å². The standard InChI is InChI=1S/C8H14Cl2N2O2/c1-7(11-13-5-3-9)8(2)12-14-6-4-10/h3-6H2,1-2H3. The molecule has 0 saturated heterocycles. The molecule has 0 aliphatic carbocycles. The topological polar surface area (TPSA) is 43.2 Å². The number of alkyl halides is 2. The molecule has 0 spiro atoms. The van der Waals surface area contributed by atoms with Gasteiger partial charge in [-0.2, -0.15) is 0 Å². The second-order valence-electron chi connectivity index (χ2n) is 2.40. The highest BCUT2D eigenvalue weighted by molar-refractivity contribution is 6.40. The molecule has 0 aromatic carbocycles. The summed E-state index contributed by atoms with van der Waals surface area (Å²) in [4.78, 5) is 9.73. The van der Waals surface area contributed by atoms with E-state index in [4.69, 9.17) is 32.9 Å². The molecule has 0 aromatic heterocycles. The first-order valence-electron chi connectivity index (χ1n) is 4.17. The van der Waals surface area contributed by atoms with E-state index < -0.39 is 0 Å². The van der Waals surface area contributed by atoms with E-state index in [0.29, 0.717) is 36.4 Å². The van der Waals surface area contributed by atoms with Crippen molar-refractivity contribution in [2.24, 2.45) is 10.3 Å². The lowest BCUT2D eigenvalue weighted by molar-refractivity contribution is 0.157. The maximum Gasteiger partial charge on any atom is 0.130 e. The summed E-state index contributed by atoms with van der Waals surface area (Å²) in [5.41, 5.74) is 1.31. The van der Waals surface area contributed by atoms with E-state index in [1.807, 2.05) is 0 Å². The average Bonchev–Trinajstić information content (AvgIpc) is 2.18. The Morgan fingerprint density at radius 2 is 1.29 bits per heavy atom. The number of halogens is 2. The number of hydrogen-bond donors (Lipinski definition) is 0. The van der Waals surface area contributed by atoms with Gasteiger partial charge in [-0.15, -0.1) is 23.2 Å². The molecule has 0 saturated carbocycles. The van der Waals surface area contributed by atoms with E-state index in [-0.39, 0.29) is 0 Å². The van der Waals surface area contributed by atoms with Crippen molar-refractivity contribution >= 4 is 34.6 Å². The van der Waals surface area contributed by atoms with Crippen LogP contribution < -0.4 is 0 Å². The lowest BCUT2D eigenvalue weighted by atomic mass is 10.3. The molecular weight excluding hydrogens is 227 g/mol. The number of hydrogen-bond acceptors (Lipinski definition) is 4. The molecule has 4 nitrogen and oxygen atoms in total. The van der Waals surface area contributed by atoms with E-state index in [2.05, 4.69) is 10.3 Å². The predicted molar refractivity (Wildman–Crippen MR) is 59.6 cm³/mol. The van der Waals surface area contributed by atoms with Crippen LogP contribution in [0.25, 0.3) is 0 Å². The third-order valence-electron chi connectivity index (χ3n) is 1.26. The normalized spacial score (nSPS) is 12.9. The van der Waals surface area contributed by atoms with E-state index in [0.717, 1.165) is 0 Å². The van der Waals surface area contributed by atoms with Crippen LogP contribution in [0.5, 0.6) is 0 Å². The second-order valence-corrected chi connectivity index (χ2v) is 3.15. The monoisotopic (exact) mass is 240 g/mol. The van der Waals surface area contributed by atoms with Gasteiger partial charge in [0.25, 0.3) is 0 Å². The molecule has 0 fully saturated rings. The second kappa shape index (κ2) is 9.09. The van der Waals surface area contributed by atoms with Gasteiger partial charge in [-0.25, -0.2) is 0 Å². The predicted octanol–water partition coefficient (Wildman–Crippen LogP) is 2.25. The minimum Gasteiger partial charge on any atom is -0.394 e. The summed E-state index contributed by atoms with van der Waals surface area (Å²) >= 11 is 10.8. The summed E-state index contributed by atoms with van der Waals surface area (Å²) in [6, 6.07) is 0. The zero-order chi connectivity index (χ0) is 10.8. The highest BCUT2D eigenvalue weighted by Gasteiger charge is 1.97. The lowest BCUT2D eigenvalue weighted by Crippen LogP contribution is -2.08. The Bertz CT molecular complexity index is 186. The number of nitrogens with zero attached hydrogens (tertiary/aromatic N) is 2. The first-order valence-corrected chi connectivity index (χ1v) is 5.24. The molecule has 0 amide bonds. The number of oxime groups is 2. The van der Waals surface area contributed by atoms with Crippen molar-refractivity contribution in [3.8, 4) is 0 Å². The average molecular weight is 241 g/mol. The van der Waals surface area contributed by atoms with Crippen LogP contribution >= 0.6 is 23.2 Å². The van der Waals surface area contributed by atoms with Gasteiger partial charge >= 0.3 is 0 Å². The Labute approximate surface area is 93.8 Å². The first-order chi connectivity index (χ1) is 6.72. The first kappa shape index (κ1) is 13.5. The van der Waals surface area contributed by atoms with Crippen LogP contribution in [0.2, 0.25) is 0 Å². The summed E-state index contributed by atoms with van der Waals surface area (Å²) in [6.45, 7) is 4.32. The largest absolute Gasteiger partial charge is 0.394 e. The maximum absolute atomic E-state index is 5.40. The van der Waals surface area contributed by atoms with Gasteiger partial charge in [0.15, 0.2) is 0 Å². The smallest absolute Gasteiger partial charge is 0.130 e. The van der Waals surface area contributed by atoms with Gasteiger partial charge in [0.2, 0.25) is 0 Å². The van der Waals surface area contributed by atoms with Gasteiger partial charge in [0, 0.05) is 0 Å². The van der Waals surface area contributed by atoms with Gasteiger partial charge in [-0.3, -0.25) is 0 Å². The Morgan fingerprint density at radius 1 is 0.929 bits per heavy atom. The third kappa shape index (κ3) is 6.97. The van der Waals surface area contributed by atoms with Gasteiger partial charge in [-0.05, 0) is 13.8 Å². The highest BCUT2D eigenvalue weighted by Crippen LogP contribution is 1.89. The summed E-state index contributed by atoms with van der Waals surface area (Å²) in [5.74, 6) is 0.825. The molecule has 0 bridgehead atoms. The van der Waals surface area contributed by atoms with Crippen molar-refractivity contribution in [1.82, 2.24) is 0 Å².